The molecule has 1 aromatic carbocycles. The average molecular weight is 197 g/mol. The molecule has 13 heavy (non-hydrogen) atoms. The molecule has 2 aliphatic heterocycles. The molecule has 1 aromatic rings. The SMILES string of the molecule is CC12ON1S(=O)(=O)c1ccccc12. The van der Waals surface area contributed by atoms with Crippen molar-refractivity contribution in [1.82, 2.24) is 4.47 Å². The van der Waals surface area contributed by atoms with Gasteiger partial charge in [0.1, 0.15) is 0 Å². The molecule has 0 saturated carbocycles. The van der Waals surface area contributed by atoms with E-state index in [2.05, 4.69) is 0 Å². The summed E-state index contributed by atoms with van der Waals surface area (Å²) in [4.78, 5) is 5.39. The van der Waals surface area contributed by atoms with Gasteiger partial charge in [0, 0.05) is 5.56 Å². The van der Waals surface area contributed by atoms with Crippen LogP contribution in [0.5, 0.6) is 0 Å². The first-order chi connectivity index (χ1) is 6.07. The van der Waals surface area contributed by atoms with E-state index in [1.54, 1.807) is 25.1 Å². The van der Waals surface area contributed by atoms with Crippen LogP contribution >= 0.6 is 0 Å². The Bertz CT molecular complexity index is 496. The fraction of sp³-hybridized carbons (Fsp3) is 0.250. The lowest BCUT2D eigenvalue weighted by atomic mass is 10.1. The van der Waals surface area contributed by atoms with Crippen LogP contribution in [0, 0.1) is 0 Å². The van der Waals surface area contributed by atoms with Crippen molar-refractivity contribution in [1.29, 1.82) is 0 Å². The van der Waals surface area contributed by atoms with E-state index in [1.807, 2.05) is 6.07 Å². The normalized spacial score (nSPS) is 38.1. The van der Waals surface area contributed by atoms with Crippen LogP contribution in [-0.4, -0.2) is 12.9 Å². The van der Waals surface area contributed by atoms with Crippen LogP contribution in [0.15, 0.2) is 29.2 Å². The Hall–Kier alpha value is -0.910. The van der Waals surface area contributed by atoms with Crippen molar-refractivity contribution in [2.75, 3.05) is 0 Å². The zero-order chi connectivity index (χ0) is 9.27. The number of sulfonamides is 1. The smallest absolute Gasteiger partial charge is 0.250 e. The third-order valence-corrected chi connectivity index (χ3v) is 4.23. The molecule has 0 radical (unpaired) electrons. The van der Waals surface area contributed by atoms with E-state index in [0.717, 1.165) is 10.0 Å². The summed E-state index contributed by atoms with van der Waals surface area (Å²) in [5.41, 5.74) is 0.00472. The number of hydroxylamine groups is 1. The zero-order valence-corrected chi connectivity index (χ0v) is 7.71. The monoisotopic (exact) mass is 197 g/mol. The highest BCUT2D eigenvalue weighted by molar-refractivity contribution is 7.89. The molecule has 0 bridgehead atoms. The average Bonchev–Trinajstić information content (AvgIpc) is 2.76. The van der Waals surface area contributed by atoms with Crippen molar-refractivity contribution in [3.8, 4) is 0 Å². The molecule has 68 valence electrons. The summed E-state index contributed by atoms with van der Waals surface area (Å²) in [6.07, 6.45) is 0. The Morgan fingerprint density at radius 1 is 1.38 bits per heavy atom. The largest absolute Gasteiger partial charge is 0.268 e. The second kappa shape index (κ2) is 1.79. The summed E-state index contributed by atoms with van der Waals surface area (Å²) in [6.45, 7) is 1.75. The van der Waals surface area contributed by atoms with Gasteiger partial charge in [-0.1, -0.05) is 18.2 Å². The lowest BCUT2D eigenvalue weighted by molar-refractivity contribution is 0.252. The van der Waals surface area contributed by atoms with E-state index < -0.39 is 15.7 Å². The van der Waals surface area contributed by atoms with Crippen molar-refractivity contribution in [2.45, 2.75) is 17.5 Å². The fourth-order valence-corrected chi connectivity index (χ4v) is 3.50. The molecular weight excluding hydrogens is 190 g/mol. The Labute approximate surface area is 75.7 Å². The van der Waals surface area contributed by atoms with Gasteiger partial charge in [-0.25, -0.2) is 8.42 Å². The number of fused-ring (bicyclic) bond motifs is 3. The molecule has 1 fully saturated rings. The number of hydrogen-bond acceptors (Lipinski definition) is 3. The van der Waals surface area contributed by atoms with Gasteiger partial charge < -0.3 is 0 Å². The van der Waals surface area contributed by atoms with E-state index in [-0.39, 0.29) is 0 Å². The Balaban J connectivity index is 2.42. The van der Waals surface area contributed by atoms with Gasteiger partial charge in [0.25, 0.3) is 10.0 Å². The van der Waals surface area contributed by atoms with Gasteiger partial charge in [-0.2, -0.15) is 0 Å². The molecule has 1 saturated heterocycles. The topological polar surface area (TPSA) is 49.7 Å². The van der Waals surface area contributed by atoms with Crippen molar-refractivity contribution >= 4 is 10.0 Å². The standard InChI is InChI=1S/C8H7NO3S/c1-8-6-4-2-3-5-7(6)13(10,11)9(8)12-8/h2-5H,1H3. The first kappa shape index (κ1) is 7.49. The third kappa shape index (κ3) is 0.666. The predicted octanol–water partition coefficient (Wildman–Crippen LogP) is 0.809. The van der Waals surface area contributed by atoms with Crippen molar-refractivity contribution in [2.24, 2.45) is 0 Å². The van der Waals surface area contributed by atoms with Crippen LogP contribution in [0.1, 0.15) is 12.5 Å². The molecule has 0 spiro atoms. The summed E-state index contributed by atoms with van der Waals surface area (Å²) in [6, 6.07) is 6.90. The van der Waals surface area contributed by atoms with Crippen LogP contribution in [-0.2, 0) is 20.6 Å². The summed E-state index contributed by atoms with van der Waals surface area (Å²) in [5, 5.41) is 0. The molecule has 2 aliphatic rings. The van der Waals surface area contributed by atoms with Crippen LogP contribution in [0.2, 0.25) is 0 Å². The third-order valence-electron chi connectivity index (χ3n) is 2.46. The molecule has 4 nitrogen and oxygen atoms in total. The van der Waals surface area contributed by atoms with Gasteiger partial charge in [0.05, 0.1) is 4.90 Å². The molecule has 0 aromatic heterocycles. The first-order valence-corrected chi connectivity index (χ1v) is 5.35. The molecule has 2 unspecified atom stereocenters. The Morgan fingerprint density at radius 3 is 2.77 bits per heavy atom. The molecule has 2 heterocycles. The van der Waals surface area contributed by atoms with Gasteiger partial charge in [0.2, 0.25) is 5.72 Å². The van der Waals surface area contributed by atoms with Gasteiger partial charge in [-0.05, 0) is 17.5 Å². The van der Waals surface area contributed by atoms with E-state index in [4.69, 9.17) is 4.84 Å². The number of rotatable bonds is 0. The van der Waals surface area contributed by atoms with Crippen LogP contribution < -0.4 is 0 Å². The van der Waals surface area contributed by atoms with E-state index in [0.29, 0.717) is 4.90 Å². The minimum atomic E-state index is -3.36. The molecule has 0 amide bonds. The van der Waals surface area contributed by atoms with Crippen LogP contribution in [0.4, 0.5) is 0 Å². The second-order valence-electron chi connectivity index (χ2n) is 3.30. The zero-order valence-electron chi connectivity index (χ0n) is 6.89. The first-order valence-electron chi connectivity index (χ1n) is 3.91. The summed E-state index contributed by atoms with van der Waals surface area (Å²) >= 11 is 0. The second-order valence-corrected chi connectivity index (χ2v) is 5.02. The predicted molar refractivity (Wildman–Crippen MR) is 43.9 cm³/mol. The lowest BCUT2D eigenvalue weighted by Crippen LogP contribution is -2.08. The summed E-state index contributed by atoms with van der Waals surface area (Å²) in [7, 11) is -3.36. The van der Waals surface area contributed by atoms with E-state index in [9.17, 15) is 8.42 Å². The van der Waals surface area contributed by atoms with Gasteiger partial charge in [0.15, 0.2) is 0 Å². The molecular formula is C8H7NO3S. The minimum absolute atomic E-state index is 0.365. The van der Waals surface area contributed by atoms with Crippen LogP contribution in [0.25, 0.3) is 0 Å². The maximum absolute atomic E-state index is 11.6. The maximum atomic E-state index is 11.6. The summed E-state index contributed by atoms with van der Waals surface area (Å²) in [5.74, 6) is 0. The number of hydrogen-bond donors (Lipinski definition) is 0. The van der Waals surface area contributed by atoms with Gasteiger partial charge in [-0.15, -0.1) is 0 Å². The Morgan fingerprint density at radius 2 is 2.08 bits per heavy atom. The maximum Gasteiger partial charge on any atom is 0.268 e. The fourth-order valence-electron chi connectivity index (χ4n) is 1.73. The van der Waals surface area contributed by atoms with Crippen molar-refractivity contribution in [3.05, 3.63) is 29.8 Å². The summed E-state index contributed by atoms with van der Waals surface area (Å²) < 4.78 is 24.3. The van der Waals surface area contributed by atoms with Crippen molar-refractivity contribution in [3.63, 3.8) is 0 Å². The molecule has 3 rings (SSSR count). The van der Waals surface area contributed by atoms with Crippen LogP contribution in [0.3, 0.4) is 0 Å². The highest BCUT2D eigenvalue weighted by Crippen LogP contribution is 2.56. The van der Waals surface area contributed by atoms with E-state index >= 15 is 0 Å². The van der Waals surface area contributed by atoms with Gasteiger partial charge in [-0.3, -0.25) is 4.84 Å². The van der Waals surface area contributed by atoms with Gasteiger partial charge >= 0.3 is 0 Å². The number of nitrogens with zero attached hydrogens (tertiary/aromatic N) is 1. The molecule has 5 heteroatoms. The molecule has 2 atom stereocenters. The quantitative estimate of drug-likeness (QED) is 0.578. The van der Waals surface area contributed by atoms with Crippen molar-refractivity contribution < 1.29 is 13.3 Å². The highest BCUT2D eigenvalue weighted by atomic mass is 32.2. The number of benzene rings is 1. The Kier molecular flexibility index (Phi) is 1.03. The van der Waals surface area contributed by atoms with E-state index in [1.165, 1.54) is 0 Å². The highest BCUT2D eigenvalue weighted by Gasteiger charge is 2.67. The molecule has 0 aliphatic carbocycles. The lowest BCUT2D eigenvalue weighted by Gasteiger charge is -2.01. The minimum Gasteiger partial charge on any atom is -0.250 e. The molecule has 0 N–H and O–H groups in total.